The number of benzene rings is 1. The van der Waals surface area contributed by atoms with Gasteiger partial charge in [0.1, 0.15) is 5.82 Å². The number of amides is 1. The first kappa shape index (κ1) is 23.7. The maximum Gasteiger partial charge on any atom is 0.229 e. The van der Waals surface area contributed by atoms with E-state index >= 15 is 0 Å². The van der Waals surface area contributed by atoms with Crippen molar-refractivity contribution in [3.8, 4) is 0 Å². The summed E-state index contributed by atoms with van der Waals surface area (Å²) in [6.07, 6.45) is 6.68. The summed E-state index contributed by atoms with van der Waals surface area (Å²) in [6.45, 7) is 6.80. The van der Waals surface area contributed by atoms with Crippen molar-refractivity contribution in [2.45, 2.75) is 83.0 Å². The van der Waals surface area contributed by atoms with Crippen LogP contribution in [0.3, 0.4) is 0 Å². The molecule has 1 amide bonds. The van der Waals surface area contributed by atoms with Crippen LogP contribution < -0.4 is 15.1 Å². The molecule has 1 aromatic carbocycles. The molecule has 0 aliphatic carbocycles. The van der Waals surface area contributed by atoms with E-state index in [0.717, 1.165) is 67.3 Å². The minimum Gasteiger partial charge on any atom is -0.375 e. The number of anilines is 4. The molecule has 36 heavy (non-hydrogen) atoms. The molecule has 2 aromatic rings. The molecule has 0 radical (unpaired) electrons. The van der Waals surface area contributed by atoms with E-state index in [0.29, 0.717) is 31.7 Å². The molecule has 0 saturated carbocycles. The van der Waals surface area contributed by atoms with Crippen LogP contribution in [0.2, 0.25) is 0 Å². The smallest absolute Gasteiger partial charge is 0.229 e. The number of piperidine rings is 1. The molecule has 2 bridgehead atoms. The van der Waals surface area contributed by atoms with Crippen molar-refractivity contribution in [1.82, 2.24) is 4.98 Å². The van der Waals surface area contributed by atoms with E-state index in [4.69, 9.17) is 14.2 Å². The number of morpholine rings is 1. The van der Waals surface area contributed by atoms with Gasteiger partial charge in [0.05, 0.1) is 68.0 Å². The van der Waals surface area contributed by atoms with Gasteiger partial charge in [-0.25, -0.2) is 4.98 Å². The molecule has 192 valence electrons. The maximum atomic E-state index is 13.8. The fraction of sp³-hybridized carbons (Fsp3) is 0.571. The Morgan fingerprint density at radius 3 is 2.81 bits per heavy atom. The Bertz CT molecular complexity index is 1090. The molecule has 5 aliphatic heterocycles. The second kappa shape index (κ2) is 10.00. The highest BCUT2D eigenvalue weighted by molar-refractivity contribution is 5.99. The monoisotopic (exact) mass is 492 g/mol. The molecular formula is C28H36N4O4. The van der Waals surface area contributed by atoms with E-state index in [1.165, 1.54) is 0 Å². The van der Waals surface area contributed by atoms with E-state index in [2.05, 4.69) is 33.4 Å². The average molecular weight is 493 g/mol. The van der Waals surface area contributed by atoms with Crippen LogP contribution in [0.5, 0.6) is 0 Å². The Morgan fingerprint density at radius 1 is 1.17 bits per heavy atom. The first-order valence-electron chi connectivity index (χ1n) is 13.3. The van der Waals surface area contributed by atoms with Gasteiger partial charge in [-0.05, 0) is 63.8 Å². The predicted octanol–water partition coefficient (Wildman–Crippen LogP) is 4.40. The van der Waals surface area contributed by atoms with Crippen LogP contribution in [0.25, 0.3) is 0 Å². The summed E-state index contributed by atoms with van der Waals surface area (Å²) >= 11 is 0. The molecular weight excluding hydrogens is 456 g/mol. The lowest BCUT2D eigenvalue weighted by Crippen LogP contribution is -2.54. The van der Waals surface area contributed by atoms with Gasteiger partial charge in [0, 0.05) is 24.0 Å². The van der Waals surface area contributed by atoms with Crippen LogP contribution in [-0.4, -0.2) is 61.1 Å². The molecule has 4 saturated heterocycles. The van der Waals surface area contributed by atoms with Gasteiger partial charge in [0.2, 0.25) is 5.91 Å². The summed E-state index contributed by atoms with van der Waals surface area (Å²) in [7, 11) is 0. The molecule has 0 unspecified atom stereocenters. The molecule has 1 aromatic heterocycles. The first-order valence-corrected chi connectivity index (χ1v) is 13.3. The van der Waals surface area contributed by atoms with Crippen molar-refractivity contribution in [1.29, 1.82) is 0 Å². The van der Waals surface area contributed by atoms with Crippen molar-refractivity contribution in [3.05, 3.63) is 42.1 Å². The third-order valence-corrected chi connectivity index (χ3v) is 7.76. The van der Waals surface area contributed by atoms with Crippen LogP contribution in [-0.2, 0) is 25.5 Å². The number of ether oxygens (including phenoxy) is 3. The predicted molar refractivity (Wildman–Crippen MR) is 139 cm³/mol. The zero-order valence-electron chi connectivity index (χ0n) is 21.2. The Morgan fingerprint density at radius 2 is 2.08 bits per heavy atom. The quantitative estimate of drug-likeness (QED) is 0.663. The van der Waals surface area contributed by atoms with E-state index in [1.54, 1.807) is 6.20 Å². The van der Waals surface area contributed by atoms with Gasteiger partial charge in [-0.1, -0.05) is 6.07 Å². The van der Waals surface area contributed by atoms with Gasteiger partial charge in [-0.2, -0.15) is 0 Å². The fourth-order valence-electron chi connectivity index (χ4n) is 5.92. The molecule has 5 aliphatic rings. The van der Waals surface area contributed by atoms with Gasteiger partial charge in [-0.15, -0.1) is 0 Å². The number of nitrogens with zero attached hydrogens (tertiary/aromatic N) is 3. The van der Waals surface area contributed by atoms with Crippen molar-refractivity contribution < 1.29 is 19.0 Å². The third-order valence-electron chi connectivity index (χ3n) is 7.76. The van der Waals surface area contributed by atoms with Crippen molar-refractivity contribution in [2.24, 2.45) is 0 Å². The van der Waals surface area contributed by atoms with Gasteiger partial charge in [0.25, 0.3) is 0 Å². The van der Waals surface area contributed by atoms with E-state index in [9.17, 15) is 4.79 Å². The largest absolute Gasteiger partial charge is 0.375 e. The van der Waals surface area contributed by atoms with Crippen molar-refractivity contribution >= 4 is 28.8 Å². The molecule has 7 rings (SSSR count). The van der Waals surface area contributed by atoms with Crippen LogP contribution in [0.4, 0.5) is 22.9 Å². The second-order valence-corrected chi connectivity index (χ2v) is 10.7. The number of nitrogens with one attached hydrogen (secondary N) is 1. The molecule has 4 fully saturated rings. The summed E-state index contributed by atoms with van der Waals surface area (Å²) in [5.74, 6) is 0.874. The van der Waals surface area contributed by atoms with Crippen molar-refractivity contribution in [2.75, 3.05) is 34.9 Å². The maximum absolute atomic E-state index is 13.8. The van der Waals surface area contributed by atoms with Crippen LogP contribution in [0.1, 0.15) is 51.5 Å². The summed E-state index contributed by atoms with van der Waals surface area (Å²) in [4.78, 5) is 22.7. The van der Waals surface area contributed by atoms with E-state index in [1.807, 2.05) is 30.9 Å². The number of pyridine rings is 1. The standard InChI is InChI=1S/C28H36N4O4/c1-18(2)36-24-9-8-22(35-17-24)13-27(33)32-14-19-4-3-11-29-28(19)30-25-10-6-20(12-26(25)32)31-15-23-7-5-21(31)16-34-23/h3-4,6,10-12,18,21-24H,5,7-9,13-17H2,1-2H3,(H,29,30)/t21-,22-,23-,24+/m1/s1. The molecule has 8 nitrogen and oxygen atoms in total. The number of rotatable bonds is 5. The highest BCUT2D eigenvalue weighted by Gasteiger charge is 2.36. The first-order chi connectivity index (χ1) is 17.5. The summed E-state index contributed by atoms with van der Waals surface area (Å²) in [5, 5.41) is 3.48. The highest BCUT2D eigenvalue weighted by atomic mass is 16.5. The minimum atomic E-state index is -0.0873. The average Bonchev–Trinajstić information content (AvgIpc) is 3.06. The number of hydrogen-bond acceptors (Lipinski definition) is 7. The Labute approximate surface area is 212 Å². The van der Waals surface area contributed by atoms with Gasteiger partial charge in [-0.3, -0.25) is 4.79 Å². The molecule has 6 heterocycles. The van der Waals surface area contributed by atoms with Crippen LogP contribution in [0, 0.1) is 0 Å². The Balaban J connectivity index is 1.25. The number of hydrogen-bond donors (Lipinski definition) is 1. The lowest BCUT2D eigenvalue weighted by molar-refractivity contribution is -0.129. The van der Waals surface area contributed by atoms with Gasteiger partial charge < -0.3 is 29.3 Å². The number of aromatic nitrogens is 1. The lowest BCUT2D eigenvalue weighted by Gasteiger charge is -2.46. The summed E-state index contributed by atoms with van der Waals surface area (Å²) < 4.78 is 17.9. The minimum absolute atomic E-state index is 0.0728. The van der Waals surface area contributed by atoms with Gasteiger partial charge >= 0.3 is 0 Å². The van der Waals surface area contributed by atoms with Gasteiger partial charge in [0.15, 0.2) is 0 Å². The van der Waals surface area contributed by atoms with Crippen LogP contribution >= 0.6 is 0 Å². The molecule has 1 N–H and O–H groups in total. The van der Waals surface area contributed by atoms with Crippen LogP contribution in [0.15, 0.2) is 36.5 Å². The molecule has 0 spiro atoms. The Hall–Kier alpha value is -2.68. The summed E-state index contributed by atoms with van der Waals surface area (Å²) in [5.41, 5.74) is 3.95. The molecule has 4 atom stereocenters. The van der Waals surface area contributed by atoms with E-state index < -0.39 is 0 Å². The Kier molecular flexibility index (Phi) is 6.58. The third kappa shape index (κ3) is 4.82. The van der Waals surface area contributed by atoms with Crippen molar-refractivity contribution in [3.63, 3.8) is 0 Å². The number of fused-ring (bicyclic) bond motifs is 5. The SMILES string of the molecule is CC(C)O[C@H]1CC[C@H](CC(=O)N2Cc3cccnc3Nc3ccc(N4C[C@H]5CC[C@@H]4CO5)cc32)OC1. The second-order valence-electron chi connectivity index (χ2n) is 10.7. The van der Waals surface area contributed by atoms with E-state index in [-0.39, 0.29) is 24.2 Å². The molecule has 8 heteroatoms. The zero-order chi connectivity index (χ0) is 24.6. The number of carbonyl (C=O) groups excluding carboxylic acids is 1. The lowest BCUT2D eigenvalue weighted by atomic mass is 9.96. The summed E-state index contributed by atoms with van der Waals surface area (Å²) in [6, 6.07) is 10.8. The normalized spacial score (nSPS) is 27.3. The zero-order valence-corrected chi connectivity index (χ0v) is 21.2. The fourth-order valence-corrected chi connectivity index (χ4v) is 5.92. The number of carbonyl (C=O) groups is 1. The highest BCUT2D eigenvalue weighted by Crippen LogP contribution is 2.40. The topological polar surface area (TPSA) is 76.2 Å².